The smallest absolute Gasteiger partial charge is 0.324 e. The van der Waals surface area contributed by atoms with Crippen LogP contribution in [-0.2, 0) is 22.3 Å². The van der Waals surface area contributed by atoms with Gasteiger partial charge in [-0.2, -0.15) is 4.31 Å². The Morgan fingerprint density at radius 2 is 1.82 bits per heavy atom. The molecule has 0 spiro atoms. The Bertz CT molecular complexity index is 226. The molecule has 0 aromatic carbocycles. The van der Waals surface area contributed by atoms with Crippen molar-refractivity contribution in [2.24, 2.45) is 0 Å². The van der Waals surface area contributed by atoms with Crippen molar-refractivity contribution in [2.75, 3.05) is 6.66 Å². The van der Waals surface area contributed by atoms with Crippen LogP contribution in [-0.4, -0.2) is 16.5 Å². The molecule has 11 heavy (non-hydrogen) atoms. The summed E-state index contributed by atoms with van der Waals surface area (Å²) in [7, 11) is -9.85. The first-order chi connectivity index (χ1) is 4.77. The van der Waals surface area contributed by atoms with Crippen LogP contribution >= 0.6 is 24.1 Å². The van der Waals surface area contributed by atoms with Gasteiger partial charge < -0.3 is 9.79 Å². The largest absolute Gasteiger partial charge is 0.490 e. The van der Waals surface area contributed by atoms with Crippen molar-refractivity contribution in [3.63, 3.8) is 0 Å². The molecule has 0 radical (unpaired) electrons. The molecule has 0 rings (SSSR count). The molecule has 0 aromatic heterocycles. The maximum atomic E-state index is 10.4. The highest BCUT2D eigenvalue weighted by atomic mass is 31.3. The molecule has 10 heteroatoms. The van der Waals surface area contributed by atoms with Gasteiger partial charge in [-0.05, 0) is 0 Å². The van der Waals surface area contributed by atoms with Crippen LogP contribution in [0.2, 0.25) is 0 Å². The Morgan fingerprint density at radius 3 is 2.09 bits per heavy atom. The van der Waals surface area contributed by atoms with Crippen LogP contribution in [0.1, 0.15) is 0 Å². The molecule has 2 unspecified atom stereocenters. The molecule has 7 nitrogen and oxygen atoms in total. The van der Waals surface area contributed by atoms with Crippen LogP contribution in [0.4, 0.5) is 0 Å². The van der Waals surface area contributed by atoms with Crippen molar-refractivity contribution in [3.8, 4) is 0 Å². The summed E-state index contributed by atoms with van der Waals surface area (Å²) in [6.07, 6.45) is 0. The predicted molar refractivity (Wildman–Crippen MR) is 35.4 cm³/mol. The van der Waals surface area contributed by atoms with Crippen molar-refractivity contribution in [3.05, 3.63) is 0 Å². The molecular formula is CH5O7P3. The number of hydrogen-bond acceptors (Lipinski definition) is 5. The number of rotatable bonds is 4. The van der Waals surface area contributed by atoms with Gasteiger partial charge in [-0.3, -0.25) is 4.57 Å². The number of phosphoric acid groups is 1. The van der Waals surface area contributed by atoms with Crippen LogP contribution < -0.4 is 0 Å². The fourth-order valence-corrected chi connectivity index (χ4v) is 2.50. The molecule has 2 N–H and O–H groups in total. The van der Waals surface area contributed by atoms with E-state index >= 15 is 0 Å². The zero-order chi connectivity index (χ0) is 9.12. The van der Waals surface area contributed by atoms with E-state index < -0.39 is 24.1 Å². The maximum Gasteiger partial charge on any atom is 0.490 e. The highest BCUT2D eigenvalue weighted by Crippen LogP contribution is 2.59. The maximum absolute atomic E-state index is 10.4. The van der Waals surface area contributed by atoms with Gasteiger partial charge in [0.1, 0.15) is 0 Å². The van der Waals surface area contributed by atoms with Gasteiger partial charge >= 0.3 is 24.1 Å². The van der Waals surface area contributed by atoms with E-state index in [1.165, 1.54) is 0 Å². The molecule has 2 atom stereocenters. The summed E-state index contributed by atoms with van der Waals surface area (Å²) in [5.41, 5.74) is 0. The van der Waals surface area contributed by atoms with E-state index in [1.54, 1.807) is 0 Å². The first-order valence-corrected chi connectivity index (χ1v) is 6.38. The van der Waals surface area contributed by atoms with Crippen LogP contribution in [0.25, 0.3) is 0 Å². The average molecular weight is 222 g/mol. The van der Waals surface area contributed by atoms with E-state index in [2.05, 4.69) is 8.62 Å². The molecule has 0 aromatic rings. The normalized spacial score (nSPS) is 22.5. The second-order valence-electron chi connectivity index (χ2n) is 1.51. The summed E-state index contributed by atoms with van der Waals surface area (Å²) < 4.78 is 37.6. The zero-order valence-electron chi connectivity index (χ0n) is 5.28. The second-order valence-corrected chi connectivity index (χ2v) is 5.51. The summed E-state index contributed by atoms with van der Waals surface area (Å²) >= 11 is 0. The molecule has 0 saturated heterocycles. The average Bonchev–Trinajstić information content (AvgIpc) is 1.55. The molecule has 0 aliphatic rings. The van der Waals surface area contributed by atoms with Gasteiger partial charge in [0, 0.05) is 6.66 Å². The quantitative estimate of drug-likeness (QED) is 0.686. The van der Waals surface area contributed by atoms with Crippen molar-refractivity contribution in [1.82, 2.24) is 0 Å². The van der Waals surface area contributed by atoms with Gasteiger partial charge in [0.2, 0.25) is 0 Å². The van der Waals surface area contributed by atoms with Crippen molar-refractivity contribution in [2.45, 2.75) is 0 Å². The third kappa shape index (κ3) is 6.78. The lowest BCUT2D eigenvalue weighted by atomic mass is 12.0. The van der Waals surface area contributed by atoms with Crippen LogP contribution in [0, 0.1) is 0 Å². The number of hydrogen-bond donors (Lipinski definition) is 2. The minimum absolute atomic E-state index is 0.695. The summed E-state index contributed by atoms with van der Waals surface area (Å²) in [4.78, 5) is 16.8. The first-order valence-electron chi connectivity index (χ1n) is 2.13. The molecule has 0 aliphatic carbocycles. The zero-order valence-corrected chi connectivity index (χ0v) is 7.96. The lowest BCUT2D eigenvalue weighted by Gasteiger charge is -2.08. The highest BCUT2D eigenvalue weighted by Gasteiger charge is 2.30. The topological polar surface area (TPSA) is 110 Å². The molecule has 0 heterocycles. The van der Waals surface area contributed by atoms with E-state index in [0.717, 1.165) is 0 Å². The lowest BCUT2D eigenvalue weighted by molar-refractivity contribution is 0.279. The molecule has 0 amide bonds. The molecule has 0 bridgehead atoms. The molecule has 0 aliphatic heterocycles. The molecular weight excluding hydrogens is 217 g/mol. The first kappa shape index (κ1) is 11.4. The molecule has 0 fully saturated rings. The Labute approximate surface area is 63.8 Å². The van der Waals surface area contributed by atoms with E-state index in [1.807, 2.05) is 0 Å². The van der Waals surface area contributed by atoms with Gasteiger partial charge in [0.15, 0.2) is 0 Å². The molecule has 0 saturated carbocycles. The highest BCUT2D eigenvalue weighted by molar-refractivity contribution is 7.65. The Balaban J connectivity index is 4.25. The van der Waals surface area contributed by atoms with Gasteiger partial charge in [0.25, 0.3) is 0 Å². The lowest BCUT2D eigenvalue weighted by Crippen LogP contribution is -1.85. The monoisotopic (exact) mass is 222 g/mol. The van der Waals surface area contributed by atoms with Crippen LogP contribution in [0.5, 0.6) is 0 Å². The van der Waals surface area contributed by atoms with E-state index in [4.69, 9.17) is 9.79 Å². The van der Waals surface area contributed by atoms with Crippen molar-refractivity contribution in [1.29, 1.82) is 0 Å². The van der Waals surface area contributed by atoms with Gasteiger partial charge in [0.05, 0.1) is 0 Å². The van der Waals surface area contributed by atoms with E-state index in [0.29, 0.717) is 6.66 Å². The molecule has 66 valence electrons. The third-order valence-electron chi connectivity index (χ3n) is 0.391. The minimum Gasteiger partial charge on any atom is -0.324 e. The summed E-state index contributed by atoms with van der Waals surface area (Å²) in [6, 6.07) is 0. The summed E-state index contributed by atoms with van der Waals surface area (Å²) in [5, 5.41) is 0. The van der Waals surface area contributed by atoms with Gasteiger partial charge in [-0.1, -0.05) is 0 Å². The van der Waals surface area contributed by atoms with Crippen LogP contribution in [0.3, 0.4) is 0 Å². The summed E-state index contributed by atoms with van der Waals surface area (Å²) in [5.74, 6) is 0. The van der Waals surface area contributed by atoms with Crippen molar-refractivity contribution < 1.29 is 32.1 Å². The minimum atomic E-state index is -4.65. The van der Waals surface area contributed by atoms with E-state index in [-0.39, 0.29) is 0 Å². The Kier molecular flexibility index (Phi) is 4.02. The van der Waals surface area contributed by atoms with Crippen molar-refractivity contribution >= 4 is 24.1 Å². The predicted octanol–water partition coefficient (Wildman–Crippen LogP) is 1.14. The second kappa shape index (κ2) is 3.87. The van der Waals surface area contributed by atoms with E-state index in [9.17, 15) is 13.7 Å². The third-order valence-corrected chi connectivity index (χ3v) is 3.52. The fourth-order valence-electron chi connectivity index (χ4n) is 0.248. The SMILES string of the molecule is CP(=O)(O)OP(=O)(O)OP=O. The fraction of sp³-hybridized carbons (Fsp3) is 1.00. The van der Waals surface area contributed by atoms with Gasteiger partial charge in [-0.15, -0.1) is 0 Å². The van der Waals surface area contributed by atoms with Crippen LogP contribution in [0.15, 0.2) is 0 Å². The Morgan fingerprint density at radius 1 is 1.36 bits per heavy atom. The summed E-state index contributed by atoms with van der Waals surface area (Å²) in [6.45, 7) is 0.695. The van der Waals surface area contributed by atoms with Gasteiger partial charge in [-0.25, -0.2) is 13.4 Å². The Hall–Kier alpha value is 0.400. The standard InChI is InChI=1S/CH5O7P3/c1-10(3,4)8-11(5,6)7-9-2/h1H3,(H,3,4)(H,5,6).